The topological polar surface area (TPSA) is 63.0 Å². The van der Waals surface area contributed by atoms with Crippen molar-refractivity contribution in [3.8, 4) is 0 Å². The van der Waals surface area contributed by atoms with Crippen LogP contribution in [0.25, 0.3) is 0 Å². The quantitative estimate of drug-likeness (QED) is 0.856. The molecule has 0 amide bonds. The van der Waals surface area contributed by atoms with Gasteiger partial charge in [-0.2, -0.15) is 0 Å². The highest BCUT2D eigenvalue weighted by Crippen LogP contribution is 2.17. The molecule has 1 atom stereocenters. The van der Waals surface area contributed by atoms with Gasteiger partial charge in [0, 0.05) is 6.54 Å². The molecule has 6 heteroatoms. The summed E-state index contributed by atoms with van der Waals surface area (Å²) in [4.78, 5) is 0. The number of aryl methyl sites for hydroxylation is 2. The third-order valence-corrected chi connectivity index (χ3v) is 3.26. The van der Waals surface area contributed by atoms with Gasteiger partial charge in [0.1, 0.15) is 5.82 Å². The molecule has 2 rings (SSSR count). The Morgan fingerprint density at radius 3 is 2.52 bits per heavy atom. The molecule has 0 spiro atoms. The molecule has 0 aliphatic carbocycles. The largest absolute Gasteiger partial charge is 0.406 e. The van der Waals surface area contributed by atoms with Crippen molar-refractivity contribution < 1.29 is 8.81 Å². The summed E-state index contributed by atoms with van der Waals surface area (Å²) in [7, 11) is 0. The van der Waals surface area contributed by atoms with Gasteiger partial charge in [-0.25, -0.2) is 4.39 Å². The predicted octanol–water partition coefficient (Wildman–Crippen LogP) is 3.11. The summed E-state index contributed by atoms with van der Waals surface area (Å²) in [5.74, 6) is 0.393. The molecule has 114 valence electrons. The fraction of sp³-hybridized carbons (Fsp3) is 0.467. The predicted molar refractivity (Wildman–Crippen MR) is 79.6 cm³/mol. The number of benzene rings is 1. The molecular weight excluding hydrogens is 271 g/mol. The molecule has 0 aliphatic rings. The first-order chi connectivity index (χ1) is 10.0. The van der Waals surface area contributed by atoms with E-state index in [1.807, 2.05) is 26.0 Å². The molecule has 21 heavy (non-hydrogen) atoms. The normalized spacial score (nSPS) is 12.4. The lowest BCUT2D eigenvalue weighted by atomic mass is 10.1. The van der Waals surface area contributed by atoms with Crippen LogP contribution in [0.2, 0.25) is 0 Å². The number of anilines is 1. The minimum absolute atomic E-state index is 0.0216. The number of hydrogen-bond acceptors (Lipinski definition) is 5. The third-order valence-electron chi connectivity index (χ3n) is 3.26. The molecule has 0 radical (unpaired) electrons. The zero-order valence-electron chi connectivity index (χ0n) is 12.8. The van der Waals surface area contributed by atoms with Gasteiger partial charge in [-0.3, -0.25) is 0 Å². The Balaban J connectivity index is 2.00. The van der Waals surface area contributed by atoms with E-state index in [9.17, 15) is 4.39 Å². The van der Waals surface area contributed by atoms with E-state index in [1.54, 1.807) is 13.8 Å². The fourth-order valence-electron chi connectivity index (χ4n) is 2.19. The van der Waals surface area contributed by atoms with Crippen molar-refractivity contribution in [1.29, 1.82) is 0 Å². The van der Waals surface area contributed by atoms with Crippen LogP contribution in [0, 0.1) is 19.7 Å². The van der Waals surface area contributed by atoms with Gasteiger partial charge in [-0.05, 0) is 44.0 Å². The highest BCUT2D eigenvalue weighted by Gasteiger charge is 2.12. The van der Waals surface area contributed by atoms with Crippen LogP contribution in [-0.4, -0.2) is 16.7 Å². The Labute approximate surface area is 124 Å². The zero-order chi connectivity index (χ0) is 15.4. The molecule has 0 fully saturated rings. The molecular formula is C15H21FN4O. The maximum Gasteiger partial charge on any atom is 0.315 e. The summed E-state index contributed by atoms with van der Waals surface area (Å²) in [5, 5.41) is 14.2. The van der Waals surface area contributed by atoms with Crippen LogP contribution in [0.5, 0.6) is 0 Å². The number of halogens is 1. The van der Waals surface area contributed by atoms with E-state index in [4.69, 9.17) is 4.42 Å². The second kappa shape index (κ2) is 6.67. The Morgan fingerprint density at radius 2 is 1.90 bits per heavy atom. The summed E-state index contributed by atoms with van der Waals surface area (Å²) >= 11 is 0. The van der Waals surface area contributed by atoms with E-state index < -0.39 is 0 Å². The van der Waals surface area contributed by atoms with Gasteiger partial charge < -0.3 is 15.1 Å². The molecule has 1 unspecified atom stereocenters. The smallest absolute Gasteiger partial charge is 0.315 e. The van der Waals surface area contributed by atoms with Crippen molar-refractivity contribution in [3.63, 3.8) is 0 Å². The summed E-state index contributed by atoms with van der Waals surface area (Å²) in [6.45, 7) is 8.85. The zero-order valence-corrected chi connectivity index (χ0v) is 12.8. The summed E-state index contributed by atoms with van der Waals surface area (Å²) in [6, 6.07) is 4.02. The van der Waals surface area contributed by atoms with Crippen LogP contribution in [-0.2, 0) is 6.54 Å². The Hall–Kier alpha value is -1.95. The Morgan fingerprint density at radius 1 is 1.24 bits per heavy atom. The maximum atomic E-state index is 13.6. The molecule has 0 bridgehead atoms. The number of nitrogens with zero attached hydrogens (tertiary/aromatic N) is 2. The van der Waals surface area contributed by atoms with Crippen LogP contribution in [0.15, 0.2) is 16.5 Å². The first-order valence-corrected chi connectivity index (χ1v) is 7.07. The highest BCUT2D eigenvalue weighted by atomic mass is 19.1. The Kier molecular flexibility index (Phi) is 4.90. The van der Waals surface area contributed by atoms with Gasteiger partial charge in [-0.15, -0.1) is 5.10 Å². The molecule has 1 aromatic carbocycles. The number of aromatic nitrogens is 2. The van der Waals surface area contributed by atoms with E-state index in [0.29, 0.717) is 29.6 Å². The monoisotopic (exact) mass is 292 g/mol. The second-order valence-corrected chi connectivity index (χ2v) is 5.12. The fourth-order valence-corrected chi connectivity index (χ4v) is 2.19. The Bertz CT molecular complexity index is 588. The summed E-state index contributed by atoms with van der Waals surface area (Å²) < 4.78 is 19.1. The van der Waals surface area contributed by atoms with Crippen molar-refractivity contribution in [3.05, 3.63) is 40.5 Å². The van der Waals surface area contributed by atoms with Gasteiger partial charge in [-0.1, -0.05) is 24.2 Å². The lowest BCUT2D eigenvalue weighted by Crippen LogP contribution is -2.17. The van der Waals surface area contributed by atoms with Gasteiger partial charge in [0.15, 0.2) is 0 Å². The van der Waals surface area contributed by atoms with E-state index >= 15 is 0 Å². The molecule has 2 aromatic rings. The van der Waals surface area contributed by atoms with E-state index in [1.165, 1.54) is 0 Å². The molecule has 1 aromatic heterocycles. The highest BCUT2D eigenvalue weighted by molar-refractivity contribution is 5.32. The number of rotatable bonds is 6. The van der Waals surface area contributed by atoms with E-state index in [0.717, 1.165) is 12.1 Å². The van der Waals surface area contributed by atoms with Gasteiger partial charge in [0.25, 0.3) is 0 Å². The first kappa shape index (κ1) is 15.4. The minimum Gasteiger partial charge on any atom is -0.406 e. The van der Waals surface area contributed by atoms with E-state index in [2.05, 4.69) is 20.8 Å². The van der Waals surface area contributed by atoms with Crippen LogP contribution in [0.1, 0.15) is 42.5 Å². The van der Waals surface area contributed by atoms with Crippen molar-refractivity contribution in [2.24, 2.45) is 0 Å². The lowest BCUT2D eigenvalue weighted by Gasteiger charge is -2.07. The molecule has 0 aliphatic heterocycles. The van der Waals surface area contributed by atoms with Crippen molar-refractivity contribution in [2.75, 3.05) is 11.9 Å². The van der Waals surface area contributed by atoms with Gasteiger partial charge >= 0.3 is 6.01 Å². The number of nitrogens with one attached hydrogen (secondary N) is 2. The average Bonchev–Trinajstić information content (AvgIpc) is 2.91. The SMILES string of the molecule is CCNC(C)c1nnc(NCc2cc(C)c(F)c(C)c2)o1. The van der Waals surface area contributed by atoms with E-state index in [-0.39, 0.29) is 11.9 Å². The lowest BCUT2D eigenvalue weighted by molar-refractivity contribution is 0.428. The maximum absolute atomic E-state index is 13.6. The van der Waals surface area contributed by atoms with Gasteiger partial charge in [0.2, 0.25) is 5.89 Å². The average molecular weight is 292 g/mol. The number of hydrogen-bond donors (Lipinski definition) is 2. The van der Waals surface area contributed by atoms with Crippen LogP contribution in [0.4, 0.5) is 10.4 Å². The first-order valence-electron chi connectivity index (χ1n) is 7.07. The second-order valence-electron chi connectivity index (χ2n) is 5.12. The van der Waals surface area contributed by atoms with Crippen LogP contribution in [0.3, 0.4) is 0 Å². The van der Waals surface area contributed by atoms with Crippen molar-refractivity contribution >= 4 is 6.01 Å². The summed E-state index contributed by atoms with van der Waals surface area (Å²) in [5.41, 5.74) is 2.25. The standard InChI is InChI=1S/C15H21FN4O/c1-5-17-11(4)14-19-20-15(21-14)18-8-12-6-9(2)13(16)10(3)7-12/h6-7,11,17H,5,8H2,1-4H3,(H,18,20). The third kappa shape index (κ3) is 3.78. The van der Waals surface area contributed by atoms with Crippen molar-refractivity contribution in [1.82, 2.24) is 15.5 Å². The van der Waals surface area contributed by atoms with Crippen LogP contribution >= 0.6 is 0 Å². The molecule has 2 N–H and O–H groups in total. The minimum atomic E-state index is -0.154. The molecule has 0 saturated carbocycles. The molecule has 1 heterocycles. The van der Waals surface area contributed by atoms with Gasteiger partial charge in [0.05, 0.1) is 6.04 Å². The molecule has 0 saturated heterocycles. The van der Waals surface area contributed by atoms with Crippen LogP contribution < -0.4 is 10.6 Å². The summed E-state index contributed by atoms with van der Waals surface area (Å²) in [6.07, 6.45) is 0. The van der Waals surface area contributed by atoms with Crippen molar-refractivity contribution in [2.45, 2.75) is 40.3 Å². The molecule has 5 nitrogen and oxygen atoms in total.